The van der Waals surface area contributed by atoms with E-state index in [1.54, 1.807) is 13.0 Å². The molecule has 0 spiro atoms. The normalized spacial score (nSPS) is 12.4. The summed E-state index contributed by atoms with van der Waals surface area (Å²) < 4.78 is 15.4. The van der Waals surface area contributed by atoms with Crippen LogP contribution in [-0.2, 0) is 11.2 Å². The van der Waals surface area contributed by atoms with E-state index in [1.165, 1.54) is 0 Å². The second kappa shape index (κ2) is 5.24. The molecule has 0 radical (unpaired) electrons. The lowest BCUT2D eigenvalue weighted by Crippen LogP contribution is -2.12. The Morgan fingerprint density at radius 1 is 1.30 bits per heavy atom. The first-order chi connectivity index (χ1) is 9.70. The summed E-state index contributed by atoms with van der Waals surface area (Å²) in [5.74, 6) is 2.48. The molecule has 1 aliphatic rings. The number of carbonyl (C=O) groups excluding carboxylic acids is 1. The number of aromatic nitrogens is 1. The maximum atomic E-state index is 11.8. The maximum Gasteiger partial charge on any atom is 0.231 e. The van der Waals surface area contributed by atoms with E-state index < -0.39 is 0 Å². The Bertz CT molecular complexity index is 636. The van der Waals surface area contributed by atoms with Gasteiger partial charge in [-0.1, -0.05) is 11.2 Å². The predicted octanol–water partition coefficient (Wildman–Crippen LogP) is 2.28. The molecule has 1 aromatic heterocycles. The van der Waals surface area contributed by atoms with Crippen molar-refractivity contribution in [3.05, 3.63) is 35.6 Å². The molecule has 0 unspecified atom stereocenters. The van der Waals surface area contributed by atoms with Gasteiger partial charge in [0, 0.05) is 12.5 Å². The smallest absolute Gasteiger partial charge is 0.231 e. The standard InChI is InChI=1S/C14H14N2O4/c1-9-6-13(16-20-9)15-14(17)5-3-10-2-4-11-12(7-10)19-8-18-11/h2,4,6-7H,3,5,8H2,1H3,(H,15,16,17). The minimum atomic E-state index is -0.101. The van der Waals surface area contributed by atoms with Crippen LogP contribution in [0.3, 0.4) is 0 Å². The summed E-state index contributed by atoms with van der Waals surface area (Å²) in [6.07, 6.45) is 0.991. The summed E-state index contributed by atoms with van der Waals surface area (Å²) in [6, 6.07) is 7.37. The van der Waals surface area contributed by atoms with E-state index >= 15 is 0 Å². The van der Waals surface area contributed by atoms with E-state index in [4.69, 9.17) is 14.0 Å². The SMILES string of the molecule is Cc1cc(NC(=O)CCc2ccc3c(c2)OCO3)no1. The third kappa shape index (κ3) is 2.74. The quantitative estimate of drug-likeness (QED) is 0.925. The monoisotopic (exact) mass is 274 g/mol. The molecule has 2 aromatic rings. The van der Waals surface area contributed by atoms with Crippen molar-refractivity contribution in [3.8, 4) is 11.5 Å². The van der Waals surface area contributed by atoms with Gasteiger partial charge < -0.3 is 19.3 Å². The molecule has 0 saturated carbocycles. The van der Waals surface area contributed by atoms with Crippen molar-refractivity contribution < 1.29 is 18.8 Å². The Morgan fingerprint density at radius 3 is 2.95 bits per heavy atom. The van der Waals surface area contributed by atoms with Crippen LogP contribution in [0.2, 0.25) is 0 Å². The van der Waals surface area contributed by atoms with E-state index in [1.807, 2.05) is 18.2 Å². The Morgan fingerprint density at radius 2 is 2.15 bits per heavy atom. The van der Waals surface area contributed by atoms with Gasteiger partial charge in [0.25, 0.3) is 0 Å². The minimum absolute atomic E-state index is 0.101. The van der Waals surface area contributed by atoms with Gasteiger partial charge in [-0.3, -0.25) is 4.79 Å². The molecule has 1 aromatic carbocycles. The third-order valence-electron chi connectivity index (χ3n) is 2.97. The van der Waals surface area contributed by atoms with Gasteiger partial charge >= 0.3 is 0 Å². The lowest BCUT2D eigenvalue weighted by atomic mass is 10.1. The molecule has 3 rings (SSSR count). The molecule has 1 amide bonds. The third-order valence-corrected chi connectivity index (χ3v) is 2.97. The molecule has 1 N–H and O–H groups in total. The molecule has 0 atom stereocenters. The average molecular weight is 274 g/mol. The number of rotatable bonds is 4. The van der Waals surface area contributed by atoms with Gasteiger partial charge in [-0.15, -0.1) is 0 Å². The highest BCUT2D eigenvalue weighted by Gasteiger charge is 2.13. The number of ether oxygens (including phenoxy) is 2. The van der Waals surface area contributed by atoms with E-state index in [-0.39, 0.29) is 12.7 Å². The topological polar surface area (TPSA) is 73.6 Å². The lowest BCUT2D eigenvalue weighted by Gasteiger charge is -2.03. The van der Waals surface area contributed by atoms with Crippen molar-refractivity contribution in [2.45, 2.75) is 19.8 Å². The van der Waals surface area contributed by atoms with Crippen molar-refractivity contribution in [2.75, 3.05) is 12.1 Å². The molecule has 6 heteroatoms. The van der Waals surface area contributed by atoms with Gasteiger partial charge in [-0.2, -0.15) is 0 Å². The molecule has 104 valence electrons. The molecule has 20 heavy (non-hydrogen) atoms. The molecular weight excluding hydrogens is 260 g/mol. The van der Waals surface area contributed by atoms with Crippen molar-refractivity contribution in [2.24, 2.45) is 0 Å². The number of hydrogen-bond acceptors (Lipinski definition) is 5. The molecule has 2 heterocycles. The minimum Gasteiger partial charge on any atom is -0.454 e. The van der Waals surface area contributed by atoms with E-state index in [0.29, 0.717) is 24.4 Å². The van der Waals surface area contributed by atoms with Crippen LogP contribution >= 0.6 is 0 Å². The van der Waals surface area contributed by atoms with Gasteiger partial charge in [0.05, 0.1) is 0 Å². The fourth-order valence-corrected chi connectivity index (χ4v) is 1.98. The van der Waals surface area contributed by atoms with Crippen LogP contribution in [0.4, 0.5) is 5.82 Å². The first-order valence-corrected chi connectivity index (χ1v) is 6.32. The van der Waals surface area contributed by atoms with Crippen LogP contribution in [0.1, 0.15) is 17.7 Å². The Balaban J connectivity index is 1.55. The van der Waals surface area contributed by atoms with E-state index in [9.17, 15) is 4.79 Å². The predicted molar refractivity (Wildman–Crippen MR) is 70.8 cm³/mol. The lowest BCUT2D eigenvalue weighted by molar-refractivity contribution is -0.116. The van der Waals surface area contributed by atoms with Crippen molar-refractivity contribution in [1.82, 2.24) is 5.16 Å². The van der Waals surface area contributed by atoms with Crippen LogP contribution in [0, 0.1) is 6.92 Å². The van der Waals surface area contributed by atoms with Crippen LogP contribution in [0.15, 0.2) is 28.8 Å². The van der Waals surface area contributed by atoms with Crippen molar-refractivity contribution in [1.29, 1.82) is 0 Å². The van der Waals surface area contributed by atoms with Gasteiger partial charge in [0.1, 0.15) is 5.76 Å². The number of amides is 1. The highest BCUT2D eigenvalue weighted by Crippen LogP contribution is 2.32. The number of fused-ring (bicyclic) bond motifs is 1. The number of carbonyl (C=O) groups is 1. The average Bonchev–Trinajstić information content (AvgIpc) is 3.04. The summed E-state index contributed by atoms with van der Waals surface area (Å²) in [6.45, 7) is 2.03. The largest absolute Gasteiger partial charge is 0.454 e. The summed E-state index contributed by atoms with van der Waals surface area (Å²) >= 11 is 0. The zero-order valence-corrected chi connectivity index (χ0v) is 11.0. The number of anilines is 1. The fourth-order valence-electron chi connectivity index (χ4n) is 1.98. The highest BCUT2D eigenvalue weighted by atomic mass is 16.7. The molecule has 0 bridgehead atoms. The summed E-state index contributed by atoms with van der Waals surface area (Å²) in [7, 11) is 0. The van der Waals surface area contributed by atoms with Crippen molar-refractivity contribution >= 4 is 11.7 Å². The second-order valence-corrected chi connectivity index (χ2v) is 4.56. The Hall–Kier alpha value is -2.50. The fraction of sp³-hybridized carbons (Fsp3) is 0.286. The highest BCUT2D eigenvalue weighted by molar-refractivity contribution is 5.89. The molecule has 6 nitrogen and oxygen atoms in total. The zero-order chi connectivity index (χ0) is 13.9. The molecule has 0 fully saturated rings. The first-order valence-electron chi connectivity index (χ1n) is 6.32. The van der Waals surface area contributed by atoms with E-state index in [0.717, 1.165) is 17.1 Å². The van der Waals surface area contributed by atoms with Crippen LogP contribution in [-0.4, -0.2) is 17.9 Å². The molecule has 0 saturated heterocycles. The van der Waals surface area contributed by atoms with E-state index in [2.05, 4.69) is 10.5 Å². The van der Waals surface area contributed by atoms with Gasteiger partial charge in [-0.25, -0.2) is 0 Å². The number of nitrogens with one attached hydrogen (secondary N) is 1. The molecule has 1 aliphatic heterocycles. The number of aryl methyl sites for hydroxylation is 2. The van der Waals surface area contributed by atoms with Gasteiger partial charge in [0.2, 0.25) is 12.7 Å². The second-order valence-electron chi connectivity index (χ2n) is 4.56. The maximum absolute atomic E-state index is 11.8. The summed E-state index contributed by atoms with van der Waals surface area (Å²) in [5, 5.41) is 6.40. The van der Waals surface area contributed by atoms with Crippen LogP contribution in [0.25, 0.3) is 0 Å². The molecular formula is C14H14N2O4. The molecule has 0 aliphatic carbocycles. The summed E-state index contributed by atoms with van der Waals surface area (Å²) in [4.78, 5) is 11.8. The van der Waals surface area contributed by atoms with Crippen LogP contribution < -0.4 is 14.8 Å². The number of hydrogen-bond donors (Lipinski definition) is 1. The summed E-state index contributed by atoms with van der Waals surface area (Å²) in [5.41, 5.74) is 1.03. The number of benzene rings is 1. The Labute approximate surface area is 115 Å². The first kappa shape index (κ1) is 12.5. The van der Waals surface area contributed by atoms with Gasteiger partial charge in [-0.05, 0) is 31.0 Å². The zero-order valence-electron chi connectivity index (χ0n) is 11.0. The van der Waals surface area contributed by atoms with Crippen molar-refractivity contribution in [3.63, 3.8) is 0 Å². The van der Waals surface area contributed by atoms with Crippen LogP contribution in [0.5, 0.6) is 11.5 Å². The van der Waals surface area contributed by atoms with Gasteiger partial charge in [0.15, 0.2) is 17.3 Å². The number of nitrogens with zero attached hydrogens (tertiary/aromatic N) is 1. The Kier molecular flexibility index (Phi) is 3.28.